The number of fused-ring (bicyclic) bond motifs is 4. The van der Waals surface area contributed by atoms with Crippen LogP contribution in [0.15, 0.2) is 59.2 Å². The first-order valence-corrected chi connectivity index (χ1v) is 13.6. The van der Waals surface area contributed by atoms with Gasteiger partial charge >= 0.3 is 7.12 Å². The van der Waals surface area contributed by atoms with Crippen molar-refractivity contribution < 1.29 is 28.8 Å². The van der Waals surface area contributed by atoms with Gasteiger partial charge in [-0.1, -0.05) is 68.3 Å². The van der Waals surface area contributed by atoms with Crippen molar-refractivity contribution in [1.82, 2.24) is 0 Å². The number of phenols is 1. The number of carbonyl (C=O) groups is 2. The third-order valence-corrected chi connectivity index (χ3v) is 8.52. The van der Waals surface area contributed by atoms with Gasteiger partial charge in [0.05, 0.1) is 6.10 Å². The lowest BCUT2D eigenvalue weighted by atomic mass is 9.53. The van der Waals surface area contributed by atoms with Gasteiger partial charge in [-0.05, 0) is 67.1 Å². The predicted octanol–water partition coefficient (Wildman–Crippen LogP) is 6.27. The van der Waals surface area contributed by atoms with Gasteiger partial charge in [-0.25, -0.2) is 4.39 Å². The largest absolute Gasteiger partial charge is 0.505 e. The van der Waals surface area contributed by atoms with Crippen molar-refractivity contribution in [3.63, 3.8) is 0 Å². The molecule has 2 N–H and O–H groups in total. The highest BCUT2D eigenvalue weighted by Gasteiger charge is 2.53. The summed E-state index contributed by atoms with van der Waals surface area (Å²) in [6, 6.07) is 11.4. The van der Waals surface area contributed by atoms with E-state index in [1.165, 1.54) is 12.1 Å². The number of phenolic OH excluding ortho intramolecular Hbond substituents is 1. The van der Waals surface area contributed by atoms with E-state index in [4.69, 9.17) is 4.65 Å². The Kier molecular flexibility index (Phi) is 7.43. The molecule has 5 rings (SSSR count). The molecule has 0 amide bonds. The normalized spacial score (nSPS) is 25.4. The van der Waals surface area contributed by atoms with E-state index in [-0.39, 0.29) is 35.3 Å². The van der Waals surface area contributed by atoms with Crippen LogP contribution in [-0.4, -0.2) is 34.9 Å². The average molecular weight is 516 g/mol. The number of benzene rings is 2. The molecule has 0 saturated carbocycles. The number of hydrogen-bond donors (Lipinski definition) is 2. The van der Waals surface area contributed by atoms with Gasteiger partial charge in [0.15, 0.2) is 23.1 Å². The molecule has 0 bridgehead atoms. The van der Waals surface area contributed by atoms with Crippen LogP contribution < -0.4 is 0 Å². The van der Waals surface area contributed by atoms with Crippen LogP contribution in [-0.2, 0) is 4.65 Å². The van der Waals surface area contributed by atoms with Crippen molar-refractivity contribution in [3.05, 3.63) is 81.7 Å². The van der Waals surface area contributed by atoms with E-state index in [0.29, 0.717) is 42.3 Å². The summed E-state index contributed by atoms with van der Waals surface area (Å²) in [5, 5.41) is 20.3. The number of ketones is 2. The number of rotatable bonds is 6. The Balaban J connectivity index is 1.47. The summed E-state index contributed by atoms with van der Waals surface area (Å²) in [5.74, 6) is -1.99. The van der Waals surface area contributed by atoms with Crippen molar-refractivity contribution >= 4 is 24.8 Å². The zero-order valence-electron chi connectivity index (χ0n) is 22.1. The summed E-state index contributed by atoms with van der Waals surface area (Å²) in [7, 11) is -1.01. The Hall–Kier alpha value is -3.03. The first-order chi connectivity index (χ1) is 18.2. The summed E-state index contributed by atoms with van der Waals surface area (Å²) in [4.78, 5) is 27.3. The molecule has 38 heavy (non-hydrogen) atoms. The maximum atomic E-state index is 13.9. The summed E-state index contributed by atoms with van der Waals surface area (Å²) in [6.45, 7) is 6.26. The van der Waals surface area contributed by atoms with Crippen molar-refractivity contribution in [2.24, 2.45) is 23.7 Å². The number of carbonyl (C=O) groups excluding carboxylic acids is 2. The monoisotopic (exact) mass is 516 g/mol. The highest BCUT2D eigenvalue weighted by Crippen LogP contribution is 2.52. The molecular weight excluding hydrogens is 482 g/mol. The minimum Gasteiger partial charge on any atom is -0.505 e. The van der Waals surface area contributed by atoms with Crippen LogP contribution in [0.5, 0.6) is 5.75 Å². The topological polar surface area (TPSA) is 83.8 Å². The summed E-state index contributed by atoms with van der Waals surface area (Å²) >= 11 is 0. The van der Waals surface area contributed by atoms with Crippen LogP contribution in [0.4, 0.5) is 4.39 Å². The van der Waals surface area contributed by atoms with Crippen LogP contribution >= 0.6 is 0 Å². The number of Topliss-reactive ketones (excluding diaryl/α,β-unsaturated/α-hetero) is 2. The number of aromatic hydroxyl groups is 1. The molecule has 3 aliphatic rings. The first-order valence-electron chi connectivity index (χ1n) is 13.6. The molecule has 2 aliphatic carbocycles. The average Bonchev–Trinajstić information content (AvgIpc) is 2.90. The van der Waals surface area contributed by atoms with E-state index in [9.17, 15) is 24.1 Å². The third-order valence-electron chi connectivity index (χ3n) is 8.52. The Morgan fingerprint density at radius 2 is 1.84 bits per heavy atom. The molecule has 0 spiro atoms. The van der Waals surface area contributed by atoms with Crippen molar-refractivity contribution in [1.29, 1.82) is 0 Å². The fraction of sp³-hybridized carbons (Fsp3) is 0.419. The molecule has 0 unspecified atom stereocenters. The van der Waals surface area contributed by atoms with Crippen LogP contribution in [0.3, 0.4) is 0 Å². The minimum absolute atomic E-state index is 0.00754. The predicted molar refractivity (Wildman–Crippen MR) is 145 cm³/mol. The summed E-state index contributed by atoms with van der Waals surface area (Å²) < 4.78 is 20.0. The maximum absolute atomic E-state index is 13.9. The lowest BCUT2D eigenvalue weighted by Crippen LogP contribution is -2.51. The Labute approximate surface area is 223 Å². The second kappa shape index (κ2) is 10.6. The van der Waals surface area contributed by atoms with Gasteiger partial charge in [0.1, 0.15) is 0 Å². The highest BCUT2D eigenvalue weighted by atomic mass is 19.1. The minimum atomic E-state index is -1.01. The zero-order valence-corrected chi connectivity index (χ0v) is 22.1. The van der Waals surface area contributed by atoms with E-state index in [0.717, 1.165) is 23.1 Å². The van der Waals surface area contributed by atoms with Crippen molar-refractivity contribution in [2.45, 2.75) is 58.9 Å². The molecule has 0 radical (unpaired) electrons. The fourth-order valence-electron chi connectivity index (χ4n) is 6.67. The second-order valence-corrected chi connectivity index (χ2v) is 11.1. The van der Waals surface area contributed by atoms with Gasteiger partial charge in [0.25, 0.3) is 0 Å². The van der Waals surface area contributed by atoms with E-state index < -0.39 is 24.8 Å². The lowest BCUT2D eigenvalue weighted by Gasteiger charge is -2.48. The third kappa shape index (κ3) is 4.78. The Morgan fingerprint density at radius 1 is 1.13 bits per heavy atom. The zero-order chi connectivity index (χ0) is 27.1. The van der Waals surface area contributed by atoms with Crippen LogP contribution in [0, 0.1) is 29.5 Å². The van der Waals surface area contributed by atoms with Gasteiger partial charge in [-0.3, -0.25) is 9.59 Å². The van der Waals surface area contributed by atoms with Crippen LogP contribution in [0.1, 0.15) is 72.7 Å². The standard InChI is InChI=1S/C31H34BFO5/c1-4-18(13-19-9-11-26(34)25(33)14-19)10-12-27-28-22(17(2)3)15-23-29(24(28)16-32(37)38-27)31(36)21-8-6-5-7-20(21)30(23)35/h5-9,11,13-14,17,23-24,27,29,34,37H,4,10,12,15-16H2,1-3H3/b18-13+/t23-,24+,27-,29-/m1/s1. The highest BCUT2D eigenvalue weighted by molar-refractivity contribution is 6.43. The molecule has 4 atom stereocenters. The molecule has 1 aliphatic heterocycles. The molecule has 1 fully saturated rings. The van der Waals surface area contributed by atoms with E-state index in [2.05, 4.69) is 13.8 Å². The SMILES string of the molecule is CC/C(=C\c1ccc(O)c(F)c1)CC[C@H]1OB(O)C[C@H]2C1=C(C(C)C)C[C@H]1C(=O)c3ccccc3C(=O)[C@H]12. The van der Waals surface area contributed by atoms with Gasteiger partial charge in [-0.15, -0.1) is 0 Å². The van der Waals surface area contributed by atoms with E-state index in [1.807, 2.05) is 13.0 Å². The van der Waals surface area contributed by atoms with Crippen molar-refractivity contribution in [3.8, 4) is 5.75 Å². The van der Waals surface area contributed by atoms with E-state index in [1.54, 1.807) is 30.3 Å². The van der Waals surface area contributed by atoms with Crippen LogP contribution in [0.25, 0.3) is 6.08 Å². The Morgan fingerprint density at radius 3 is 2.50 bits per heavy atom. The van der Waals surface area contributed by atoms with Crippen molar-refractivity contribution in [2.75, 3.05) is 0 Å². The number of hydrogen-bond acceptors (Lipinski definition) is 5. The van der Waals surface area contributed by atoms with Gasteiger partial charge in [0.2, 0.25) is 0 Å². The number of halogens is 1. The van der Waals surface area contributed by atoms with Gasteiger partial charge in [0, 0.05) is 23.0 Å². The van der Waals surface area contributed by atoms with E-state index >= 15 is 0 Å². The summed E-state index contributed by atoms with van der Waals surface area (Å²) in [5.41, 5.74) is 5.01. The Bertz CT molecular complexity index is 1330. The fourth-order valence-corrected chi connectivity index (χ4v) is 6.67. The van der Waals surface area contributed by atoms with Gasteiger partial charge in [-0.2, -0.15) is 0 Å². The lowest BCUT2D eigenvalue weighted by molar-refractivity contribution is 0.0593. The molecule has 1 saturated heterocycles. The smallest absolute Gasteiger partial charge is 0.455 e. The quantitative estimate of drug-likeness (QED) is 0.349. The second-order valence-electron chi connectivity index (χ2n) is 11.1. The molecule has 2 aromatic carbocycles. The summed E-state index contributed by atoms with van der Waals surface area (Å²) in [6.07, 6.45) is 4.42. The molecule has 7 heteroatoms. The molecule has 2 aromatic rings. The van der Waals surface area contributed by atoms with Crippen LogP contribution in [0.2, 0.25) is 6.32 Å². The van der Waals surface area contributed by atoms with Gasteiger partial charge < -0.3 is 14.8 Å². The molecule has 0 aromatic heterocycles. The molecule has 198 valence electrons. The molecular formula is C31H34BFO5. The first kappa shape index (κ1) is 26.6. The molecule has 5 nitrogen and oxygen atoms in total. The number of allylic oxidation sites excluding steroid dienone is 2. The molecule has 1 heterocycles. The maximum Gasteiger partial charge on any atom is 0.455 e.